The molecule has 2 aliphatic rings. The molecular formula is C16H26O4. The first-order chi connectivity index (χ1) is 9.54. The van der Waals surface area contributed by atoms with Crippen LogP contribution >= 0.6 is 0 Å². The second kappa shape index (κ2) is 6.59. The van der Waals surface area contributed by atoms with Gasteiger partial charge in [0.05, 0.1) is 17.9 Å². The summed E-state index contributed by atoms with van der Waals surface area (Å²) in [5.41, 5.74) is 0. The van der Waals surface area contributed by atoms with E-state index < -0.39 is 5.97 Å². The lowest BCUT2D eigenvalue weighted by Gasteiger charge is -2.43. The van der Waals surface area contributed by atoms with Gasteiger partial charge < -0.3 is 9.84 Å². The van der Waals surface area contributed by atoms with Crippen LogP contribution < -0.4 is 0 Å². The van der Waals surface area contributed by atoms with Crippen LogP contribution in [0.1, 0.15) is 58.8 Å². The van der Waals surface area contributed by atoms with E-state index in [1.54, 1.807) is 0 Å². The fourth-order valence-electron chi connectivity index (χ4n) is 3.98. The largest absolute Gasteiger partial charge is 0.481 e. The van der Waals surface area contributed by atoms with Crippen LogP contribution in [0.5, 0.6) is 0 Å². The van der Waals surface area contributed by atoms with Crippen LogP contribution in [0.4, 0.5) is 0 Å². The van der Waals surface area contributed by atoms with Gasteiger partial charge in [0.25, 0.3) is 0 Å². The Morgan fingerprint density at radius 1 is 1.15 bits per heavy atom. The molecule has 2 rings (SSSR count). The molecule has 4 nitrogen and oxygen atoms in total. The first-order valence-electron chi connectivity index (χ1n) is 7.97. The van der Waals surface area contributed by atoms with E-state index in [9.17, 15) is 14.7 Å². The number of aliphatic carboxylic acids is 1. The first kappa shape index (κ1) is 15.3. The van der Waals surface area contributed by atoms with Crippen molar-refractivity contribution >= 4 is 11.9 Å². The molecule has 0 aromatic heterocycles. The summed E-state index contributed by atoms with van der Waals surface area (Å²) >= 11 is 0. The van der Waals surface area contributed by atoms with Gasteiger partial charge in [-0.25, -0.2) is 0 Å². The van der Waals surface area contributed by atoms with Gasteiger partial charge >= 0.3 is 11.9 Å². The van der Waals surface area contributed by atoms with Crippen molar-refractivity contribution in [3.63, 3.8) is 0 Å². The highest BCUT2D eigenvalue weighted by Crippen LogP contribution is 2.47. The number of esters is 1. The van der Waals surface area contributed by atoms with Crippen LogP contribution in [0.2, 0.25) is 0 Å². The van der Waals surface area contributed by atoms with Crippen LogP contribution in [0.15, 0.2) is 0 Å². The molecule has 0 aromatic carbocycles. The molecule has 2 aliphatic carbocycles. The Morgan fingerprint density at radius 2 is 1.75 bits per heavy atom. The fourth-order valence-corrected chi connectivity index (χ4v) is 3.98. The molecule has 0 bridgehead atoms. The summed E-state index contributed by atoms with van der Waals surface area (Å²) in [6.07, 6.45) is 6.37. The summed E-state index contributed by atoms with van der Waals surface area (Å²) < 4.78 is 5.48. The van der Waals surface area contributed by atoms with Crippen molar-refractivity contribution in [2.24, 2.45) is 23.7 Å². The summed E-state index contributed by atoms with van der Waals surface area (Å²) in [5.74, 6) is -1.07. The van der Waals surface area contributed by atoms with Gasteiger partial charge in [-0.05, 0) is 38.0 Å². The fraction of sp³-hybridized carbons (Fsp3) is 0.875. The van der Waals surface area contributed by atoms with E-state index in [2.05, 4.69) is 0 Å². The van der Waals surface area contributed by atoms with Crippen LogP contribution in [0.25, 0.3) is 0 Å². The summed E-state index contributed by atoms with van der Waals surface area (Å²) in [4.78, 5) is 23.9. The predicted octanol–water partition coefficient (Wildman–Crippen LogP) is 3.25. The molecule has 0 radical (unpaired) electrons. The van der Waals surface area contributed by atoms with Crippen LogP contribution in [-0.4, -0.2) is 23.1 Å². The number of carbonyl (C=O) groups is 2. The summed E-state index contributed by atoms with van der Waals surface area (Å²) in [6, 6.07) is 0. The minimum Gasteiger partial charge on any atom is -0.481 e. The number of ether oxygens (including phenoxy) is 1. The zero-order chi connectivity index (χ0) is 14.7. The van der Waals surface area contributed by atoms with Crippen molar-refractivity contribution in [2.45, 2.75) is 64.9 Å². The van der Waals surface area contributed by atoms with Gasteiger partial charge in [-0.3, -0.25) is 9.59 Å². The number of carbonyl (C=O) groups excluding carboxylic acids is 1. The van der Waals surface area contributed by atoms with Crippen LogP contribution in [-0.2, 0) is 14.3 Å². The smallest absolute Gasteiger partial charge is 0.309 e. The van der Waals surface area contributed by atoms with E-state index >= 15 is 0 Å². The van der Waals surface area contributed by atoms with E-state index in [0.29, 0.717) is 12.3 Å². The van der Waals surface area contributed by atoms with Crippen molar-refractivity contribution in [3.05, 3.63) is 0 Å². The highest BCUT2D eigenvalue weighted by atomic mass is 16.5. The molecule has 4 heteroatoms. The number of hydrogen-bond acceptors (Lipinski definition) is 3. The predicted molar refractivity (Wildman–Crippen MR) is 75.1 cm³/mol. The van der Waals surface area contributed by atoms with Gasteiger partial charge in [0.1, 0.15) is 0 Å². The van der Waals surface area contributed by atoms with Gasteiger partial charge in [0.2, 0.25) is 0 Å². The normalized spacial score (nSPS) is 34.9. The molecule has 0 spiro atoms. The number of carboxylic acids is 1. The highest BCUT2D eigenvalue weighted by Gasteiger charge is 2.47. The van der Waals surface area contributed by atoms with Gasteiger partial charge in [-0.15, -0.1) is 0 Å². The number of fused-ring (bicyclic) bond motifs is 1. The average Bonchev–Trinajstić information content (AvgIpc) is 2.45. The average molecular weight is 282 g/mol. The highest BCUT2D eigenvalue weighted by molar-refractivity contribution is 5.76. The van der Waals surface area contributed by atoms with Gasteiger partial charge in [0.15, 0.2) is 0 Å². The van der Waals surface area contributed by atoms with E-state index in [-0.39, 0.29) is 29.8 Å². The summed E-state index contributed by atoms with van der Waals surface area (Å²) in [5, 5.41) is 9.45. The first-order valence-corrected chi connectivity index (χ1v) is 7.97. The van der Waals surface area contributed by atoms with Gasteiger partial charge in [0, 0.05) is 0 Å². The number of hydrogen-bond donors (Lipinski definition) is 1. The molecule has 0 aliphatic heterocycles. The zero-order valence-corrected chi connectivity index (χ0v) is 12.5. The minimum atomic E-state index is -0.733. The van der Waals surface area contributed by atoms with E-state index in [1.807, 2.05) is 13.8 Å². The lowest BCUT2D eigenvalue weighted by atomic mass is 9.61. The van der Waals surface area contributed by atoms with Crippen LogP contribution in [0, 0.1) is 23.7 Å². The van der Waals surface area contributed by atoms with Crippen molar-refractivity contribution in [1.82, 2.24) is 0 Å². The Morgan fingerprint density at radius 3 is 2.30 bits per heavy atom. The molecule has 0 aromatic rings. The van der Waals surface area contributed by atoms with Crippen molar-refractivity contribution in [1.29, 1.82) is 0 Å². The SMILES string of the molecule is CCC(C)OC(=O)C1CCCC2CCCC(C(=O)O)C21. The maximum absolute atomic E-state index is 12.4. The molecule has 0 heterocycles. The third-order valence-corrected chi connectivity index (χ3v) is 5.17. The lowest BCUT2D eigenvalue weighted by Crippen LogP contribution is -2.44. The molecule has 1 N–H and O–H groups in total. The summed E-state index contributed by atoms with van der Waals surface area (Å²) in [6.45, 7) is 3.88. The van der Waals surface area contributed by atoms with Crippen LogP contribution in [0.3, 0.4) is 0 Å². The van der Waals surface area contributed by atoms with Crippen molar-refractivity contribution < 1.29 is 19.4 Å². The third kappa shape index (κ3) is 3.15. The summed E-state index contributed by atoms with van der Waals surface area (Å²) in [7, 11) is 0. The molecule has 0 saturated heterocycles. The van der Waals surface area contributed by atoms with Crippen molar-refractivity contribution in [3.8, 4) is 0 Å². The second-order valence-corrected chi connectivity index (χ2v) is 6.41. The molecular weight excluding hydrogens is 256 g/mol. The van der Waals surface area contributed by atoms with E-state index in [0.717, 1.165) is 38.5 Å². The molecule has 5 atom stereocenters. The molecule has 2 saturated carbocycles. The minimum absolute atomic E-state index is 0.00782. The van der Waals surface area contributed by atoms with E-state index in [1.165, 1.54) is 0 Å². The molecule has 2 fully saturated rings. The molecule has 114 valence electrons. The van der Waals surface area contributed by atoms with E-state index in [4.69, 9.17) is 4.74 Å². The monoisotopic (exact) mass is 282 g/mol. The Kier molecular flexibility index (Phi) is 5.06. The van der Waals surface area contributed by atoms with Gasteiger partial charge in [-0.1, -0.05) is 32.6 Å². The quantitative estimate of drug-likeness (QED) is 0.804. The number of rotatable bonds is 4. The standard InChI is InChI=1S/C16H26O4/c1-3-10(2)20-16(19)13-9-5-7-11-6-4-8-12(14(11)13)15(17)18/h10-14H,3-9H2,1-2H3,(H,17,18). The van der Waals surface area contributed by atoms with Crippen molar-refractivity contribution in [2.75, 3.05) is 0 Å². The van der Waals surface area contributed by atoms with Gasteiger partial charge in [-0.2, -0.15) is 0 Å². The molecule has 5 unspecified atom stereocenters. The molecule has 20 heavy (non-hydrogen) atoms. The Labute approximate surface area is 120 Å². The maximum atomic E-state index is 12.4. The maximum Gasteiger partial charge on any atom is 0.309 e. The topological polar surface area (TPSA) is 63.6 Å². The molecule has 0 amide bonds. The Balaban J connectivity index is 2.13. The zero-order valence-electron chi connectivity index (χ0n) is 12.5. The Hall–Kier alpha value is -1.06. The lowest BCUT2D eigenvalue weighted by molar-refractivity contribution is -0.163. The third-order valence-electron chi connectivity index (χ3n) is 5.17. The second-order valence-electron chi connectivity index (χ2n) is 6.41. The number of carboxylic acid groups (broad SMARTS) is 1. The Bertz CT molecular complexity index is 363.